The molecule has 6 N–H and O–H groups in total. The third-order valence-electron chi connectivity index (χ3n) is 10.8. The maximum atomic E-state index is 13.2. The van der Waals surface area contributed by atoms with Gasteiger partial charge < -0.3 is 45.7 Å². The standard InChI is InChI=1S/C43H46N10O5/c1-27(58-32-17-9-4-10-18-32)41(56)49-34-22-35(38(55)37(34)54)53-26-46-36-39(45-24-33(28-12-5-2-6-13-28)29-14-7-3-8-15-29)50-42(51-40(36)53)52-21-19-31(25-52)48-43(57)47-30-16-11-20-44-23-30/h2-18,20,23,26-27,31,33-35,37-38,54-55H,19,21-22,24-25H2,1H3,(H,49,56)(H,45,50,51)(H2,47,48,57)/t27?,31-,34+,35-,37-,38+/m1/s1. The van der Waals surface area contributed by atoms with E-state index in [-0.39, 0.29) is 24.4 Å². The van der Waals surface area contributed by atoms with Gasteiger partial charge in [-0.25, -0.2) is 9.78 Å². The van der Waals surface area contributed by atoms with Crippen LogP contribution < -0.4 is 30.9 Å². The minimum absolute atomic E-state index is 0.0129. The molecule has 4 heterocycles. The molecule has 1 aliphatic heterocycles. The van der Waals surface area contributed by atoms with Gasteiger partial charge in [-0.1, -0.05) is 78.9 Å². The minimum atomic E-state index is -1.25. The van der Waals surface area contributed by atoms with Crippen molar-refractivity contribution in [3.8, 4) is 5.75 Å². The first-order valence-electron chi connectivity index (χ1n) is 19.5. The molecule has 8 rings (SSSR count). The van der Waals surface area contributed by atoms with Crippen molar-refractivity contribution in [2.45, 2.75) is 62.1 Å². The second-order valence-corrected chi connectivity index (χ2v) is 14.7. The predicted octanol–water partition coefficient (Wildman–Crippen LogP) is 4.48. The number of fused-ring (bicyclic) bond motifs is 1. The van der Waals surface area contributed by atoms with Crippen LogP contribution in [0.15, 0.2) is 122 Å². The van der Waals surface area contributed by atoms with E-state index in [2.05, 4.69) is 50.5 Å². The van der Waals surface area contributed by atoms with Crippen LogP contribution >= 0.6 is 0 Å². The zero-order chi connectivity index (χ0) is 40.0. The molecule has 6 aromatic rings. The number of hydrogen-bond donors (Lipinski definition) is 6. The molecule has 298 valence electrons. The predicted molar refractivity (Wildman–Crippen MR) is 220 cm³/mol. The number of aliphatic hydroxyl groups is 2. The Morgan fingerprint density at radius 1 is 0.879 bits per heavy atom. The lowest BCUT2D eigenvalue weighted by Gasteiger charge is -2.22. The van der Waals surface area contributed by atoms with Crippen LogP contribution in [0.2, 0.25) is 0 Å². The Kier molecular flexibility index (Phi) is 11.4. The fourth-order valence-corrected chi connectivity index (χ4v) is 7.74. The third-order valence-corrected chi connectivity index (χ3v) is 10.8. The Labute approximate surface area is 335 Å². The number of amides is 3. The second kappa shape index (κ2) is 17.3. The lowest BCUT2D eigenvalue weighted by molar-refractivity contribution is -0.128. The van der Waals surface area contributed by atoms with Gasteiger partial charge >= 0.3 is 6.03 Å². The van der Waals surface area contributed by atoms with E-state index in [9.17, 15) is 19.8 Å². The topological polar surface area (TPSA) is 192 Å². The molecule has 0 bridgehead atoms. The molecule has 2 fully saturated rings. The first-order valence-corrected chi connectivity index (χ1v) is 19.5. The zero-order valence-electron chi connectivity index (χ0n) is 31.9. The van der Waals surface area contributed by atoms with E-state index in [1.54, 1.807) is 54.5 Å². The maximum Gasteiger partial charge on any atom is 0.319 e. The zero-order valence-corrected chi connectivity index (χ0v) is 31.9. The number of nitrogens with zero attached hydrogens (tertiary/aromatic N) is 6. The number of carbonyl (C=O) groups excluding carboxylic acids is 2. The molecule has 1 aliphatic carbocycles. The molecule has 1 unspecified atom stereocenters. The van der Waals surface area contributed by atoms with Gasteiger partial charge in [-0.2, -0.15) is 9.97 Å². The van der Waals surface area contributed by atoms with Crippen LogP contribution in [0.1, 0.15) is 42.9 Å². The van der Waals surface area contributed by atoms with Crippen molar-refractivity contribution in [2.75, 3.05) is 35.2 Å². The highest BCUT2D eigenvalue weighted by Gasteiger charge is 2.44. The van der Waals surface area contributed by atoms with Gasteiger partial charge in [-0.3, -0.25) is 9.78 Å². The van der Waals surface area contributed by atoms with Gasteiger partial charge in [0.1, 0.15) is 18.0 Å². The number of benzene rings is 3. The average molecular weight is 783 g/mol. The number of hydrogen-bond acceptors (Lipinski definition) is 11. The summed E-state index contributed by atoms with van der Waals surface area (Å²) in [7, 11) is 0. The first kappa shape index (κ1) is 38.3. The van der Waals surface area contributed by atoms with Crippen LogP contribution in [0.3, 0.4) is 0 Å². The van der Waals surface area contributed by atoms with Crippen LogP contribution in [-0.2, 0) is 4.79 Å². The third kappa shape index (κ3) is 8.55. The van der Waals surface area contributed by atoms with Crippen molar-refractivity contribution in [1.29, 1.82) is 0 Å². The van der Waals surface area contributed by atoms with E-state index in [0.29, 0.717) is 60.4 Å². The Balaban J connectivity index is 1.06. The summed E-state index contributed by atoms with van der Waals surface area (Å²) < 4.78 is 7.56. The van der Waals surface area contributed by atoms with Crippen molar-refractivity contribution >= 4 is 40.6 Å². The van der Waals surface area contributed by atoms with Crippen molar-refractivity contribution in [3.63, 3.8) is 0 Å². The fraction of sp³-hybridized carbons (Fsp3) is 0.302. The van der Waals surface area contributed by atoms with Crippen LogP contribution in [0.5, 0.6) is 5.75 Å². The van der Waals surface area contributed by atoms with E-state index in [0.717, 1.165) is 11.1 Å². The monoisotopic (exact) mass is 782 g/mol. The lowest BCUT2D eigenvalue weighted by Crippen LogP contribution is -2.47. The van der Waals surface area contributed by atoms with Gasteiger partial charge in [-0.05, 0) is 55.2 Å². The van der Waals surface area contributed by atoms with Gasteiger partial charge in [0.25, 0.3) is 5.91 Å². The number of nitrogens with one attached hydrogen (secondary N) is 4. The Hall–Kier alpha value is -6.58. The molecule has 1 saturated heterocycles. The number of ether oxygens (including phenoxy) is 1. The fourth-order valence-electron chi connectivity index (χ4n) is 7.74. The van der Waals surface area contributed by atoms with E-state index >= 15 is 0 Å². The Morgan fingerprint density at radius 3 is 2.28 bits per heavy atom. The summed E-state index contributed by atoms with van der Waals surface area (Å²) in [6.45, 7) is 3.17. The quantitative estimate of drug-likeness (QED) is 0.0969. The maximum absolute atomic E-state index is 13.2. The molecule has 58 heavy (non-hydrogen) atoms. The second-order valence-electron chi connectivity index (χ2n) is 14.7. The summed E-state index contributed by atoms with van der Waals surface area (Å²) >= 11 is 0. The van der Waals surface area contributed by atoms with Gasteiger partial charge in [0, 0.05) is 37.8 Å². The van der Waals surface area contributed by atoms with Crippen LogP contribution in [0, 0.1) is 0 Å². The molecule has 0 radical (unpaired) electrons. The molecule has 15 nitrogen and oxygen atoms in total. The summed E-state index contributed by atoms with van der Waals surface area (Å²) in [5.41, 5.74) is 3.81. The smallest absolute Gasteiger partial charge is 0.319 e. The largest absolute Gasteiger partial charge is 0.481 e. The molecule has 6 atom stereocenters. The van der Waals surface area contributed by atoms with E-state index < -0.39 is 36.3 Å². The van der Waals surface area contributed by atoms with Crippen LogP contribution in [0.25, 0.3) is 11.2 Å². The SMILES string of the molecule is CC(Oc1ccccc1)C(=O)N[C@H]1C[C@@H](n2cnc3c(NCC(c4ccccc4)c4ccccc4)nc(N4CC[C@@H](NC(=O)Nc5cccnc5)C4)nc32)[C@H](O)[C@@H]1O. The average Bonchev–Trinajstić information content (AvgIpc) is 3.97. The summed E-state index contributed by atoms with van der Waals surface area (Å²) in [5, 5.41) is 35.0. The Morgan fingerprint density at radius 2 is 1.59 bits per heavy atom. The number of urea groups is 1. The number of para-hydroxylation sites is 1. The van der Waals surface area contributed by atoms with Gasteiger partial charge in [0.05, 0.1) is 30.3 Å². The van der Waals surface area contributed by atoms with E-state index in [1.807, 2.05) is 59.5 Å². The van der Waals surface area contributed by atoms with Crippen LogP contribution in [0.4, 0.5) is 22.2 Å². The highest BCUT2D eigenvalue weighted by atomic mass is 16.5. The number of aromatic nitrogens is 5. The number of aliphatic hydroxyl groups excluding tert-OH is 2. The van der Waals surface area contributed by atoms with Crippen molar-refractivity contribution in [1.82, 2.24) is 35.1 Å². The normalized spacial score (nSPS) is 20.8. The lowest BCUT2D eigenvalue weighted by atomic mass is 9.91. The summed E-state index contributed by atoms with van der Waals surface area (Å²) in [4.78, 5) is 46.9. The minimum Gasteiger partial charge on any atom is -0.481 e. The van der Waals surface area contributed by atoms with Crippen molar-refractivity contribution in [3.05, 3.63) is 133 Å². The van der Waals surface area contributed by atoms with Crippen LogP contribution in [-0.4, -0.2) is 96.7 Å². The number of carbonyl (C=O) groups is 2. The molecule has 3 amide bonds. The number of imidazole rings is 1. The molecule has 15 heteroatoms. The molecular weight excluding hydrogens is 737 g/mol. The first-order chi connectivity index (χ1) is 28.3. The molecule has 2 aliphatic rings. The summed E-state index contributed by atoms with van der Waals surface area (Å²) in [5.74, 6) is 1.05. The number of rotatable bonds is 13. The van der Waals surface area contributed by atoms with Gasteiger partial charge in [-0.15, -0.1) is 0 Å². The molecule has 1 saturated carbocycles. The van der Waals surface area contributed by atoms with Crippen molar-refractivity contribution in [2.24, 2.45) is 0 Å². The molecule has 0 spiro atoms. The van der Waals surface area contributed by atoms with Gasteiger partial charge in [0.2, 0.25) is 5.95 Å². The summed E-state index contributed by atoms with van der Waals surface area (Å²) in [6.07, 6.45) is 2.38. The highest BCUT2D eigenvalue weighted by Crippen LogP contribution is 2.36. The molecule has 3 aromatic heterocycles. The molecular formula is C43H46N10O5. The Bertz CT molecular complexity index is 2260. The van der Waals surface area contributed by atoms with Crippen molar-refractivity contribution < 1.29 is 24.5 Å². The van der Waals surface area contributed by atoms with E-state index in [4.69, 9.17) is 19.7 Å². The summed E-state index contributed by atoms with van der Waals surface area (Å²) in [6, 6.07) is 31.1. The number of pyridine rings is 1. The highest BCUT2D eigenvalue weighted by molar-refractivity contribution is 5.89. The van der Waals surface area contributed by atoms with Gasteiger partial charge in [0.15, 0.2) is 23.1 Å². The number of anilines is 3. The molecule has 3 aromatic carbocycles. The van der Waals surface area contributed by atoms with E-state index in [1.165, 1.54) is 0 Å².